The van der Waals surface area contributed by atoms with Gasteiger partial charge in [0.15, 0.2) is 5.11 Å². The number of aryl methyl sites for hydroxylation is 3. The van der Waals surface area contributed by atoms with Crippen LogP contribution < -0.4 is 5.32 Å². The molecular formula is C30H39N3S. The summed E-state index contributed by atoms with van der Waals surface area (Å²) in [4.78, 5) is 2.47. The van der Waals surface area contributed by atoms with Crippen LogP contribution in [0.15, 0.2) is 60.8 Å². The largest absolute Gasteiger partial charge is 0.345 e. The third-order valence-electron chi connectivity index (χ3n) is 7.21. The van der Waals surface area contributed by atoms with Crippen molar-refractivity contribution in [3.8, 4) is 0 Å². The Bertz CT molecular complexity index is 1090. The van der Waals surface area contributed by atoms with Crippen LogP contribution in [-0.2, 0) is 19.5 Å². The molecule has 34 heavy (non-hydrogen) atoms. The number of hydrogen-bond acceptors (Lipinski definition) is 1. The molecule has 180 valence electrons. The summed E-state index contributed by atoms with van der Waals surface area (Å²) in [6.07, 6.45) is 10.9. The van der Waals surface area contributed by atoms with Crippen molar-refractivity contribution in [2.45, 2.75) is 84.8 Å². The minimum atomic E-state index is 0.487. The molecule has 1 saturated carbocycles. The van der Waals surface area contributed by atoms with E-state index in [0.29, 0.717) is 6.04 Å². The molecule has 0 aliphatic heterocycles. The molecule has 1 N–H and O–H groups in total. The number of anilines is 1. The summed E-state index contributed by atoms with van der Waals surface area (Å²) in [5.41, 5.74) is 7.78. The van der Waals surface area contributed by atoms with E-state index in [1.54, 1.807) is 0 Å². The molecule has 0 bridgehead atoms. The smallest absolute Gasteiger partial charge is 0.174 e. The van der Waals surface area contributed by atoms with Gasteiger partial charge in [0, 0.05) is 30.2 Å². The molecule has 4 heteroatoms. The van der Waals surface area contributed by atoms with Gasteiger partial charge in [-0.3, -0.25) is 0 Å². The Labute approximate surface area is 211 Å². The molecule has 0 saturated heterocycles. The first-order chi connectivity index (χ1) is 16.5. The van der Waals surface area contributed by atoms with Crippen LogP contribution in [0.25, 0.3) is 0 Å². The van der Waals surface area contributed by atoms with E-state index in [2.05, 4.69) is 96.3 Å². The number of aromatic nitrogens is 1. The van der Waals surface area contributed by atoms with Gasteiger partial charge >= 0.3 is 0 Å². The second-order valence-electron chi connectivity index (χ2n) is 9.81. The normalized spacial score (nSPS) is 14.6. The summed E-state index contributed by atoms with van der Waals surface area (Å²) in [7, 11) is 0. The first-order valence-electron chi connectivity index (χ1n) is 12.9. The van der Waals surface area contributed by atoms with Gasteiger partial charge in [0.05, 0.1) is 6.54 Å². The van der Waals surface area contributed by atoms with Crippen LogP contribution in [0.3, 0.4) is 0 Å². The molecule has 3 nitrogen and oxygen atoms in total. The molecule has 4 rings (SSSR count). The van der Waals surface area contributed by atoms with Crippen molar-refractivity contribution >= 4 is 23.0 Å². The van der Waals surface area contributed by atoms with E-state index in [4.69, 9.17) is 12.2 Å². The molecule has 3 aromatic rings. The maximum Gasteiger partial charge on any atom is 0.174 e. The molecule has 1 fully saturated rings. The second kappa shape index (κ2) is 11.7. The maximum absolute atomic E-state index is 6.05. The fraction of sp³-hybridized carbons (Fsp3) is 0.433. The van der Waals surface area contributed by atoms with Crippen LogP contribution in [0.5, 0.6) is 0 Å². The predicted octanol–water partition coefficient (Wildman–Crippen LogP) is 7.64. The topological polar surface area (TPSA) is 20.2 Å². The molecule has 1 heterocycles. The molecule has 1 aromatic heterocycles. The van der Waals surface area contributed by atoms with E-state index in [9.17, 15) is 0 Å². The van der Waals surface area contributed by atoms with E-state index in [-0.39, 0.29) is 0 Å². The number of rotatable bonds is 7. The van der Waals surface area contributed by atoms with Crippen LogP contribution in [-0.4, -0.2) is 20.6 Å². The van der Waals surface area contributed by atoms with Crippen LogP contribution in [0.4, 0.5) is 5.69 Å². The second-order valence-corrected chi connectivity index (χ2v) is 10.2. The van der Waals surface area contributed by atoms with Crippen molar-refractivity contribution in [3.05, 3.63) is 88.7 Å². The van der Waals surface area contributed by atoms with Gasteiger partial charge in [-0.1, -0.05) is 68.5 Å². The van der Waals surface area contributed by atoms with Gasteiger partial charge in [0.1, 0.15) is 0 Å². The minimum Gasteiger partial charge on any atom is -0.345 e. The third kappa shape index (κ3) is 6.29. The average molecular weight is 474 g/mol. The molecule has 0 unspecified atom stereocenters. The Hall–Kier alpha value is -2.59. The van der Waals surface area contributed by atoms with Gasteiger partial charge in [-0.2, -0.15) is 0 Å². The Kier molecular flexibility index (Phi) is 8.44. The van der Waals surface area contributed by atoms with Crippen molar-refractivity contribution in [2.24, 2.45) is 0 Å². The van der Waals surface area contributed by atoms with Crippen LogP contribution in [0.2, 0.25) is 0 Å². The summed E-state index contributed by atoms with van der Waals surface area (Å²) in [6.45, 7) is 8.30. The fourth-order valence-electron chi connectivity index (χ4n) is 5.13. The van der Waals surface area contributed by atoms with Crippen molar-refractivity contribution in [2.75, 3.05) is 5.32 Å². The summed E-state index contributed by atoms with van der Waals surface area (Å²) in [6, 6.07) is 20.3. The predicted molar refractivity (Wildman–Crippen MR) is 149 cm³/mol. The lowest BCUT2D eigenvalue weighted by atomic mass is 10.1. The Morgan fingerprint density at radius 2 is 1.79 bits per heavy atom. The SMILES string of the molecule is CCc1cccc(NC(=S)N(Cc2cccn2Cc2ccc(C)cc2C)C2CCCCCC2)c1. The first kappa shape index (κ1) is 24.5. The molecule has 0 atom stereocenters. The number of nitrogens with zero attached hydrogens (tertiary/aromatic N) is 2. The molecular weight excluding hydrogens is 434 g/mol. The molecule has 2 aromatic carbocycles. The van der Waals surface area contributed by atoms with E-state index >= 15 is 0 Å². The quantitative estimate of drug-likeness (QED) is 0.281. The summed E-state index contributed by atoms with van der Waals surface area (Å²) >= 11 is 6.05. The van der Waals surface area contributed by atoms with E-state index in [1.807, 2.05) is 0 Å². The molecule has 1 aliphatic rings. The molecule has 1 aliphatic carbocycles. The zero-order valence-corrected chi connectivity index (χ0v) is 21.8. The number of benzene rings is 2. The number of nitrogens with one attached hydrogen (secondary N) is 1. The zero-order valence-electron chi connectivity index (χ0n) is 21.0. The lowest BCUT2D eigenvalue weighted by Crippen LogP contribution is -2.42. The van der Waals surface area contributed by atoms with Gasteiger partial charge in [0.2, 0.25) is 0 Å². The average Bonchev–Trinajstić information content (AvgIpc) is 3.08. The summed E-state index contributed by atoms with van der Waals surface area (Å²) in [5, 5.41) is 4.43. The van der Waals surface area contributed by atoms with Crippen molar-refractivity contribution in [1.82, 2.24) is 9.47 Å². The van der Waals surface area contributed by atoms with E-state index < -0.39 is 0 Å². The van der Waals surface area contributed by atoms with Gasteiger partial charge in [-0.25, -0.2) is 0 Å². The minimum absolute atomic E-state index is 0.487. The van der Waals surface area contributed by atoms with Crippen molar-refractivity contribution in [3.63, 3.8) is 0 Å². The Morgan fingerprint density at radius 1 is 1.00 bits per heavy atom. The molecule has 0 radical (unpaired) electrons. The van der Waals surface area contributed by atoms with E-state index in [1.165, 1.54) is 66.5 Å². The van der Waals surface area contributed by atoms with Crippen molar-refractivity contribution < 1.29 is 0 Å². The first-order valence-corrected chi connectivity index (χ1v) is 13.3. The van der Waals surface area contributed by atoms with Crippen LogP contribution in [0.1, 0.15) is 73.4 Å². The highest BCUT2D eigenvalue weighted by molar-refractivity contribution is 7.80. The van der Waals surface area contributed by atoms with E-state index in [0.717, 1.165) is 30.3 Å². The van der Waals surface area contributed by atoms with Crippen LogP contribution >= 0.6 is 12.2 Å². The standard InChI is InChI=1S/C30H39N3S/c1-4-25-11-9-12-27(20-25)31-30(34)33(28-13-7-5-6-8-14-28)22-29-15-10-18-32(29)21-26-17-16-23(2)19-24(26)3/h9-12,15-20,28H,4-8,13-14,21-22H2,1-3H3,(H,31,34). The molecule has 0 amide bonds. The summed E-state index contributed by atoms with van der Waals surface area (Å²) in [5.74, 6) is 0. The van der Waals surface area contributed by atoms with Crippen LogP contribution in [0, 0.1) is 13.8 Å². The lowest BCUT2D eigenvalue weighted by molar-refractivity contribution is 0.274. The number of hydrogen-bond donors (Lipinski definition) is 1. The lowest BCUT2D eigenvalue weighted by Gasteiger charge is -2.34. The van der Waals surface area contributed by atoms with Gasteiger partial charge in [-0.15, -0.1) is 0 Å². The van der Waals surface area contributed by atoms with Gasteiger partial charge in [0.25, 0.3) is 0 Å². The van der Waals surface area contributed by atoms with Gasteiger partial charge in [-0.05, 0) is 86.3 Å². The highest BCUT2D eigenvalue weighted by Crippen LogP contribution is 2.25. The highest BCUT2D eigenvalue weighted by atomic mass is 32.1. The molecule has 0 spiro atoms. The Balaban J connectivity index is 1.56. The monoisotopic (exact) mass is 473 g/mol. The van der Waals surface area contributed by atoms with Gasteiger partial charge < -0.3 is 14.8 Å². The highest BCUT2D eigenvalue weighted by Gasteiger charge is 2.24. The van der Waals surface area contributed by atoms with Crippen molar-refractivity contribution in [1.29, 1.82) is 0 Å². The maximum atomic E-state index is 6.05. The summed E-state index contributed by atoms with van der Waals surface area (Å²) < 4.78 is 2.39. The Morgan fingerprint density at radius 3 is 2.53 bits per heavy atom. The fourth-order valence-corrected chi connectivity index (χ4v) is 5.46. The number of thiocarbonyl (C=S) groups is 1. The third-order valence-corrected chi connectivity index (χ3v) is 7.54. The zero-order chi connectivity index (χ0) is 23.9.